The monoisotopic (exact) mass is 374 g/mol. The smallest absolute Gasteiger partial charge is 0.235 e. The Bertz CT molecular complexity index is 751. The molecule has 1 N–H and O–H groups in total. The van der Waals surface area contributed by atoms with Gasteiger partial charge in [0.25, 0.3) is 0 Å². The number of amides is 1. The molecule has 2 aromatic rings. The molecule has 0 spiro atoms. The van der Waals surface area contributed by atoms with Crippen molar-refractivity contribution in [3.63, 3.8) is 0 Å². The number of aliphatic hydroxyl groups is 1. The Morgan fingerprint density at radius 2 is 1.92 bits per heavy atom. The van der Waals surface area contributed by atoms with Crippen molar-refractivity contribution in [2.45, 2.75) is 49.4 Å². The summed E-state index contributed by atoms with van der Waals surface area (Å²) < 4.78 is 1.87. The largest absolute Gasteiger partial charge is 0.388 e. The highest BCUT2D eigenvalue weighted by molar-refractivity contribution is 8.00. The number of aryl methyl sites for hydroxylation is 1. The van der Waals surface area contributed by atoms with Gasteiger partial charge < -0.3 is 14.6 Å². The molecule has 0 saturated carbocycles. The Morgan fingerprint density at radius 1 is 1.27 bits per heavy atom. The summed E-state index contributed by atoms with van der Waals surface area (Å²) in [5, 5.41) is 17.4. The van der Waals surface area contributed by atoms with Gasteiger partial charge in [0, 0.05) is 31.0 Å². The van der Waals surface area contributed by atoms with Crippen LogP contribution in [0.4, 0.5) is 0 Å². The van der Waals surface area contributed by atoms with Gasteiger partial charge in [-0.2, -0.15) is 0 Å². The third-order valence-corrected chi connectivity index (χ3v) is 6.09. The first-order valence-electron chi connectivity index (χ1n) is 9.00. The summed E-state index contributed by atoms with van der Waals surface area (Å²) in [6, 6.07) is 8.30. The first kappa shape index (κ1) is 18.9. The molecule has 0 aliphatic carbocycles. The normalized spacial score (nSPS) is 16.7. The second kappa shape index (κ2) is 8.22. The number of aliphatic hydroxyl groups excluding tert-OH is 1. The molecule has 1 aromatic carbocycles. The van der Waals surface area contributed by atoms with E-state index in [9.17, 15) is 9.90 Å². The van der Waals surface area contributed by atoms with E-state index in [2.05, 4.69) is 41.4 Å². The van der Waals surface area contributed by atoms with Crippen LogP contribution < -0.4 is 0 Å². The number of hydrogen-bond donors (Lipinski definition) is 1. The Balaban J connectivity index is 1.55. The summed E-state index contributed by atoms with van der Waals surface area (Å²) in [4.78, 5) is 15.9. The lowest BCUT2D eigenvalue weighted by Gasteiger charge is -2.33. The Hall–Kier alpha value is -1.86. The predicted octanol–water partition coefficient (Wildman–Crippen LogP) is 2.50. The zero-order chi connectivity index (χ0) is 18.7. The van der Waals surface area contributed by atoms with E-state index in [4.69, 9.17) is 0 Å². The molecule has 1 aliphatic rings. The van der Waals surface area contributed by atoms with E-state index in [1.54, 1.807) is 11.8 Å². The number of carbonyl (C=O) groups is 1. The fourth-order valence-corrected chi connectivity index (χ4v) is 4.31. The zero-order valence-corrected chi connectivity index (χ0v) is 16.4. The maximum absolute atomic E-state index is 12.8. The first-order chi connectivity index (χ1) is 12.5. The van der Waals surface area contributed by atoms with Gasteiger partial charge >= 0.3 is 0 Å². The molecule has 1 atom stereocenters. The summed E-state index contributed by atoms with van der Waals surface area (Å²) in [6.07, 6.45) is 1.76. The van der Waals surface area contributed by atoms with Crippen LogP contribution in [0.1, 0.15) is 42.9 Å². The quantitative estimate of drug-likeness (QED) is 0.814. The van der Waals surface area contributed by atoms with Gasteiger partial charge in [-0.25, -0.2) is 0 Å². The molecule has 1 unspecified atom stereocenters. The molecular formula is C19H26N4O2S. The molecule has 3 rings (SSSR count). The van der Waals surface area contributed by atoms with Crippen LogP contribution in [-0.4, -0.2) is 49.0 Å². The number of nitrogens with zero attached hydrogens (tertiary/aromatic N) is 4. The predicted molar refractivity (Wildman–Crippen MR) is 102 cm³/mol. The Morgan fingerprint density at radius 3 is 2.50 bits per heavy atom. The van der Waals surface area contributed by atoms with Crippen molar-refractivity contribution in [3.05, 3.63) is 41.5 Å². The number of hydrogen-bond acceptors (Lipinski definition) is 5. The molecule has 26 heavy (non-hydrogen) atoms. The van der Waals surface area contributed by atoms with E-state index in [0.29, 0.717) is 5.82 Å². The van der Waals surface area contributed by atoms with Gasteiger partial charge in [0.2, 0.25) is 5.91 Å². The fourth-order valence-electron chi connectivity index (χ4n) is 3.36. The third kappa shape index (κ3) is 4.10. The van der Waals surface area contributed by atoms with E-state index in [-0.39, 0.29) is 23.7 Å². The lowest BCUT2D eigenvalue weighted by Crippen LogP contribution is -2.42. The number of piperidine rings is 1. The SMILES string of the molecule is Cc1ccc(SC(C)C(=O)N2CCC(c3nnc(CO)n3C)CC2)cc1. The minimum absolute atomic E-state index is 0.0925. The van der Waals surface area contributed by atoms with E-state index in [0.717, 1.165) is 36.7 Å². The van der Waals surface area contributed by atoms with Gasteiger partial charge in [0.1, 0.15) is 12.4 Å². The lowest BCUT2D eigenvalue weighted by molar-refractivity contribution is -0.131. The van der Waals surface area contributed by atoms with Crippen LogP contribution >= 0.6 is 11.8 Å². The number of benzene rings is 1. The van der Waals surface area contributed by atoms with Crippen molar-refractivity contribution in [1.82, 2.24) is 19.7 Å². The molecular weight excluding hydrogens is 348 g/mol. The van der Waals surface area contributed by atoms with Gasteiger partial charge in [0.15, 0.2) is 5.82 Å². The molecule has 1 amide bonds. The van der Waals surface area contributed by atoms with E-state index in [1.165, 1.54) is 5.56 Å². The van der Waals surface area contributed by atoms with Crippen LogP contribution in [0, 0.1) is 6.92 Å². The Labute approximate surface area is 158 Å². The molecule has 7 heteroatoms. The van der Waals surface area contributed by atoms with Crippen molar-refractivity contribution >= 4 is 17.7 Å². The Kier molecular flexibility index (Phi) is 5.98. The minimum atomic E-state index is -0.103. The summed E-state index contributed by atoms with van der Waals surface area (Å²) >= 11 is 1.61. The second-order valence-corrected chi connectivity index (χ2v) is 8.28. The lowest BCUT2D eigenvalue weighted by atomic mass is 9.95. The van der Waals surface area contributed by atoms with E-state index >= 15 is 0 Å². The van der Waals surface area contributed by atoms with Crippen molar-refractivity contribution < 1.29 is 9.90 Å². The number of aromatic nitrogens is 3. The van der Waals surface area contributed by atoms with Crippen molar-refractivity contribution in [1.29, 1.82) is 0 Å². The minimum Gasteiger partial charge on any atom is -0.388 e. The van der Waals surface area contributed by atoms with Gasteiger partial charge in [-0.1, -0.05) is 17.7 Å². The van der Waals surface area contributed by atoms with Gasteiger partial charge in [-0.3, -0.25) is 4.79 Å². The summed E-state index contributed by atoms with van der Waals surface area (Å²) in [5.74, 6) is 1.98. The van der Waals surface area contributed by atoms with Crippen LogP contribution in [0.5, 0.6) is 0 Å². The number of likely N-dealkylation sites (tertiary alicyclic amines) is 1. The standard InChI is InChI=1S/C19H26N4O2S/c1-13-4-6-16(7-5-13)26-14(2)19(25)23-10-8-15(9-11-23)18-21-20-17(12-24)22(18)3/h4-7,14-15,24H,8-12H2,1-3H3. The third-order valence-electron chi connectivity index (χ3n) is 4.99. The van der Waals surface area contributed by atoms with E-state index in [1.807, 2.05) is 23.4 Å². The summed E-state index contributed by atoms with van der Waals surface area (Å²) in [6.45, 7) is 5.42. The van der Waals surface area contributed by atoms with Crippen molar-refractivity contribution in [2.75, 3.05) is 13.1 Å². The molecule has 140 valence electrons. The molecule has 2 heterocycles. The summed E-state index contributed by atoms with van der Waals surface area (Å²) in [5.41, 5.74) is 1.23. The van der Waals surface area contributed by atoms with Crippen molar-refractivity contribution in [3.8, 4) is 0 Å². The maximum Gasteiger partial charge on any atom is 0.235 e. The number of carbonyl (C=O) groups excluding carboxylic acids is 1. The maximum atomic E-state index is 12.8. The second-order valence-electron chi connectivity index (χ2n) is 6.86. The van der Waals surface area contributed by atoms with Crippen LogP contribution in [0.3, 0.4) is 0 Å². The average Bonchev–Trinajstić information content (AvgIpc) is 3.03. The van der Waals surface area contributed by atoms with Crippen LogP contribution in [-0.2, 0) is 18.4 Å². The highest BCUT2D eigenvalue weighted by Gasteiger charge is 2.29. The molecule has 1 aliphatic heterocycles. The van der Waals surface area contributed by atoms with E-state index < -0.39 is 0 Å². The van der Waals surface area contributed by atoms with Crippen molar-refractivity contribution in [2.24, 2.45) is 7.05 Å². The van der Waals surface area contributed by atoms with Gasteiger partial charge in [0.05, 0.1) is 5.25 Å². The number of rotatable bonds is 5. The molecule has 0 radical (unpaired) electrons. The fraction of sp³-hybridized carbons (Fsp3) is 0.526. The zero-order valence-electron chi connectivity index (χ0n) is 15.6. The molecule has 0 bridgehead atoms. The summed E-state index contributed by atoms with van der Waals surface area (Å²) in [7, 11) is 1.89. The number of thioether (sulfide) groups is 1. The van der Waals surface area contributed by atoms with Gasteiger partial charge in [-0.05, 0) is 38.8 Å². The van der Waals surface area contributed by atoms with Gasteiger partial charge in [-0.15, -0.1) is 22.0 Å². The van der Waals surface area contributed by atoms with Crippen LogP contribution in [0.15, 0.2) is 29.2 Å². The average molecular weight is 375 g/mol. The molecule has 1 saturated heterocycles. The van der Waals surface area contributed by atoms with Crippen LogP contribution in [0.2, 0.25) is 0 Å². The highest BCUT2D eigenvalue weighted by Crippen LogP contribution is 2.30. The first-order valence-corrected chi connectivity index (χ1v) is 9.88. The molecule has 1 fully saturated rings. The highest BCUT2D eigenvalue weighted by atomic mass is 32.2. The topological polar surface area (TPSA) is 71.2 Å². The molecule has 6 nitrogen and oxygen atoms in total. The van der Waals surface area contributed by atoms with Crippen LogP contribution in [0.25, 0.3) is 0 Å². The molecule has 1 aromatic heterocycles.